The zero-order valence-electron chi connectivity index (χ0n) is 25.3. The number of halogens is 4. The quantitative estimate of drug-likeness (QED) is 0.222. The van der Waals surface area contributed by atoms with Crippen molar-refractivity contribution in [3.05, 3.63) is 47.8 Å². The number of hydrogen-bond donors (Lipinski definition) is 3. The zero-order chi connectivity index (χ0) is 33.9. The Morgan fingerprint density at radius 2 is 1.65 bits per heavy atom. The average Bonchev–Trinajstić information content (AvgIpc) is 3.24. The molecule has 0 spiro atoms. The van der Waals surface area contributed by atoms with Crippen molar-refractivity contribution in [1.29, 1.82) is 0 Å². The fourth-order valence-corrected chi connectivity index (χ4v) is 6.67. The van der Waals surface area contributed by atoms with Gasteiger partial charge in [0.25, 0.3) is 15.7 Å². The highest BCUT2D eigenvalue weighted by Gasteiger charge is 2.47. The summed E-state index contributed by atoms with van der Waals surface area (Å²) in [5.41, 5.74) is -6.62. The van der Waals surface area contributed by atoms with E-state index in [0.717, 1.165) is 30.7 Å². The van der Waals surface area contributed by atoms with Gasteiger partial charge in [0.2, 0.25) is 5.91 Å². The highest BCUT2D eigenvalue weighted by molar-refractivity contribution is 7.92. The maximum Gasteiger partial charge on any atom is 0.501 e. The first kappa shape index (κ1) is 35.0. The number of ether oxygens (including phenoxy) is 2. The molecular formula is C31H36F4N2O8S. The van der Waals surface area contributed by atoms with E-state index >= 15 is 0 Å². The minimum absolute atomic E-state index is 0.0569. The number of nitrogens with one attached hydrogen (secondary N) is 2. The van der Waals surface area contributed by atoms with Gasteiger partial charge in [-0.15, -0.1) is 0 Å². The Labute approximate surface area is 263 Å². The summed E-state index contributed by atoms with van der Waals surface area (Å²) in [6.45, 7) is 1.65. The van der Waals surface area contributed by atoms with Crippen LogP contribution in [0.3, 0.4) is 0 Å². The molecule has 3 N–H and O–H groups in total. The molecule has 0 saturated heterocycles. The number of sulfone groups is 1. The maximum absolute atomic E-state index is 15.0. The first-order valence-corrected chi connectivity index (χ1v) is 16.3. The van der Waals surface area contributed by atoms with Crippen molar-refractivity contribution < 1.29 is 54.9 Å². The molecule has 2 aromatic carbocycles. The fourth-order valence-electron chi connectivity index (χ4n) is 5.86. The van der Waals surface area contributed by atoms with E-state index in [1.807, 2.05) is 0 Å². The third kappa shape index (κ3) is 7.73. The first-order chi connectivity index (χ1) is 21.6. The first-order valence-electron chi connectivity index (χ1n) is 14.9. The van der Waals surface area contributed by atoms with Gasteiger partial charge in [-0.05, 0) is 69.7 Å². The van der Waals surface area contributed by atoms with Gasteiger partial charge in [0.05, 0.1) is 35.0 Å². The van der Waals surface area contributed by atoms with E-state index in [2.05, 4.69) is 10.6 Å². The van der Waals surface area contributed by atoms with Gasteiger partial charge in [0.15, 0.2) is 11.6 Å². The lowest BCUT2D eigenvalue weighted by molar-refractivity contribution is -0.150. The van der Waals surface area contributed by atoms with Crippen LogP contribution in [0.1, 0.15) is 75.1 Å². The Morgan fingerprint density at radius 3 is 2.28 bits per heavy atom. The molecule has 0 aromatic heterocycles. The minimum Gasteiger partial charge on any atom is -0.496 e. The van der Waals surface area contributed by atoms with Crippen molar-refractivity contribution >= 4 is 33.3 Å². The summed E-state index contributed by atoms with van der Waals surface area (Å²) in [6.07, 6.45) is 3.75. The Bertz CT molecular complexity index is 1570. The molecule has 10 nitrogen and oxygen atoms in total. The van der Waals surface area contributed by atoms with E-state index in [1.54, 1.807) is 6.92 Å². The van der Waals surface area contributed by atoms with Crippen molar-refractivity contribution in [2.24, 2.45) is 11.3 Å². The molecule has 0 bridgehead atoms. The van der Waals surface area contributed by atoms with Gasteiger partial charge in [-0.1, -0.05) is 25.3 Å². The van der Waals surface area contributed by atoms with Gasteiger partial charge in [0.1, 0.15) is 5.75 Å². The molecule has 2 amide bonds. The normalized spacial score (nSPS) is 23.9. The molecule has 15 heteroatoms. The monoisotopic (exact) mass is 672 g/mol. The minimum atomic E-state index is -5.63. The molecule has 2 saturated carbocycles. The predicted octanol–water partition coefficient (Wildman–Crippen LogP) is 5.86. The number of amides is 2. The number of aliphatic carboxylic acids is 1. The molecule has 2 aromatic rings. The molecule has 0 unspecified atom stereocenters. The summed E-state index contributed by atoms with van der Waals surface area (Å²) in [5.74, 6) is -4.08. The van der Waals surface area contributed by atoms with Crippen LogP contribution in [0.5, 0.6) is 11.5 Å². The molecular weight excluding hydrogens is 636 g/mol. The van der Waals surface area contributed by atoms with E-state index in [-0.39, 0.29) is 22.7 Å². The molecule has 2 aliphatic carbocycles. The number of rotatable bonds is 9. The molecule has 252 valence electrons. The Kier molecular flexibility index (Phi) is 10.5. The van der Waals surface area contributed by atoms with Gasteiger partial charge in [0, 0.05) is 17.8 Å². The number of methoxy groups -OCH3 is 1. The lowest BCUT2D eigenvalue weighted by atomic mass is 9.75. The zero-order valence-corrected chi connectivity index (χ0v) is 26.1. The highest BCUT2D eigenvalue weighted by atomic mass is 32.2. The van der Waals surface area contributed by atoms with Crippen LogP contribution in [-0.4, -0.2) is 56.1 Å². The van der Waals surface area contributed by atoms with Crippen LogP contribution >= 0.6 is 0 Å². The van der Waals surface area contributed by atoms with Crippen LogP contribution < -0.4 is 20.1 Å². The smallest absolute Gasteiger partial charge is 0.496 e. The highest BCUT2D eigenvalue weighted by Crippen LogP contribution is 2.39. The number of carbonyl (C=O) groups is 3. The Balaban J connectivity index is 1.51. The second kappa shape index (κ2) is 13.9. The van der Waals surface area contributed by atoms with Crippen LogP contribution in [0, 0.1) is 17.2 Å². The van der Waals surface area contributed by atoms with Gasteiger partial charge in [-0.25, -0.2) is 12.8 Å². The number of carboxylic acids is 1. The second-order valence-corrected chi connectivity index (χ2v) is 13.9. The molecule has 46 heavy (non-hydrogen) atoms. The number of carbonyl (C=O) groups excluding carboxylic acids is 2. The molecule has 4 rings (SSSR count). The number of hydrogen-bond acceptors (Lipinski definition) is 7. The number of anilines is 1. The molecule has 0 heterocycles. The average molecular weight is 673 g/mol. The van der Waals surface area contributed by atoms with E-state index < -0.39 is 67.3 Å². The summed E-state index contributed by atoms with van der Waals surface area (Å²) in [4.78, 5) is 37.5. The lowest BCUT2D eigenvalue weighted by Gasteiger charge is -2.34. The van der Waals surface area contributed by atoms with Crippen LogP contribution in [-0.2, 0) is 19.4 Å². The topological polar surface area (TPSA) is 148 Å². The van der Waals surface area contributed by atoms with Crippen LogP contribution in [0.15, 0.2) is 41.3 Å². The van der Waals surface area contributed by atoms with Crippen LogP contribution in [0.2, 0.25) is 0 Å². The SMILES string of the molecule is COc1cc(F)c(OC2CCC(C)(C(=O)O)CC2)cc1C(=O)N[C@@H]1CCCCC[C@@H]1C(=O)Nc1cccc(S(=O)(=O)C(F)(F)F)c1. The number of benzene rings is 2. The predicted molar refractivity (Wildman–Crippen MR) is 158 cm³/mol. The fraction of sp³-hybridized carbons (Fsp3) is 0.516. The van der Waals surface area contributed by atoms with Crippen molar-refractivity contribution in [2.45, 2.75) is 87.3 Å². The third-order valence-electron chi connectivity index (χ3n) is 8.73. The molecule has 0 aliphatic heterocycles. The molecule has 2 fully saturated rings. The van der Waals surface area contributed by atoms with Crippen molar-refractivity contribution in [2.75, 3.05) is 12.4 Å². The van der Waals surface area contributed by atoms with Gasteiger partial charge in [-0.2, -0.15) is 13.2 Å². The largest absolute Gasteiger partial charge is 0.501 e. The van der Waals surface area contributed by atoms with E-state index in [1.165, 1.54) is 19.2 Å². The van der Waals surface area contributed by atoms with Crippen molar-refractivity contribution in [3.8, 4) is 11.5 Å². The molecule has 2 aliphatic rings. The summed E-state index contributed by atoms with van der Waals surface area (Å²) in [7, 11) is -4.38. The third-order valence-corrected chi connectivity index (χ3v) is 10.2. The van der Waals surface area contributed by atoms with E-state index in [0.29, 0.717) is 51.4 Å². The van der Waals surface area contributed by atoms with Gasteiger partial charge < -0.3 is 25.2 Å². The van der Waals surface area contributed by atoms with Crippen LogP contribution in [0.4, 0.5) is 23.2 Å². The number of alkyl halides is 3. The Morgan fingerprint density at radius 1 is 0.978 bits per heavy atom. The standard InChI is InChI=1S/C31H36F4N2O8S/c1-30(29(40)41)13-11-19(12-14-30)45-26-16-22(25(44-2)17-23(26)32)28(39)37-24-10-5-3-4-9-21(24)27(38)36-18-7-6-8-20(15-18)46(42,43)31(33,34)35/h6-8,15-17,19,21,24H,3-5,9-14H2,1-2H3,(H,36,38)(H,37,39)(H,40,41)/t19?,21-,24+,30?/m0/s1. The van der Waals surface area contributed by atoms with Gasteiger partial charge in [-0.3, -0.25) is 14.4 Å². The van der Waals surface area contributed by atoms with Crippen molar-refractivity contribution in [1.82, 2.24) is 5.32 Å². The van der Waals surface area contributed by atoms with Gasteiger partial charge >= 0.3 is 11.5 Å². The van der Waals surface area contributed by atoms with Crippen molar-refractivity contribution in [3.63, 3.8) is 0 Å². The lowest BCUT2D eigenvalue weighted by Crippen LogP contribution is -2.44. The van der Waals surface area contributed by atoms with E-state index in [9.17, 15) is 45.5 Å². The summed E-state index contributed by atoms with van der Waals surface area (Å²) in [5, 5.41) is 14.8. The Hall–Kier alpha value is -3.88. The summed E-state index contributed by atoms with van der Waals surface area (Å²) in [6, 6.07) is 5.34. The van der Waals surface area contributed by atoms with E-state index in [4.69, 9.17) is 9.47 Å². The number of carboxylic acid groups (broad SMARTS) is 1. The summed E-state index contributed by atoms with van der Waals surface area (Å²) < 4.78 is 89.0. The molecule has 0 radical (unpaired) electrons. The summed E-state index contributed by atoms with van der Waals surface area (Å²) >= 11 is 0. The maximum atomic E-state index is 15.0. The second-order valence-electron chi connectivity index (χ2n) is 12.0. The van der Waals surface area contributed by atoms with Crippen LogP contribution in [0.25, 0.3) is 0 Å². The molecule has 2 atom stereocenters.